The molecule has 1 aliphatic rings. The van der Waals surface area contributed by atoms with E-state index in [9.17, 15) is 0 Å². The van der Waals surface area contributed by atoms with Gasteiger partial charge in [-0.1, -0.05) is 45.9 Å². The predicted molar refractivity (Wildman–Crippen MR) is 91.7 cm³/mol. The predicted octanol–water partition coefficient (Wildman–Crippen LogP) is 2.96. The maximum atomic E-state index is 6.42. The number of benzene rings is 1. The lowest BCUT2D eigenvalue weighted by Crippen LogP contribution is -2.59. The van der Waals surface area contributed by atoms with E-state index in [4.69, 9.17) is 5.73 Å². The van der Waals surface area contributed by atoms with Crippen molar-refractivity contribution in [1.82, 2.24) is 4.90 Å². The average molecular weight is 289 g/mol. The molecular formula is C18H31N3. The van der Waals surface area contributed by atoms with Gasteiger partial charge in [0.1, 0.15) is 0 Å². The van der Waals surface area contributed by atoms with Crippen LogP contribution in [0, 0.1) is 5.41 Å². The molecule has 2 atom stereocenters. The van der Waals surface area contributed by atoms with Gasteiger partial charge in [0, 0.05) is 44.0 Å². The number of hydrogen-bond acceptors (Lipinski definition) is 3. The summed E-state index contributed by atoms with van der Waals surface area (Å²) >= 11 is 0. The highest BCUT2D eigenvalue weighted by Crippen LogP contribution is 2.29. The first kappa shape index (κ1) is 16.3. The quantitative estimate of drug-likeness (QED) is 0.925. The van der Waals surface area contributed by atoms with Gasteiger partial charge < -0.3 is 10.6 Å². The molecule has 1 aromatic carbocycles. The maximum absolute atomic E-state index is 6.42. The molecule has 21 heavy (non-hydrogen) atoms. The van der Waals surface area contributed by atoms with E-state index >= 15 is 0 Å². The SMILES string of the molecule is CCC(N)C(N1CCN(c2ccccc2)CC1)C(C)(C)C. The van der Waals surface area contributed by atoms with E-state index in [0.29, 0.717) is 6.04 Å². The minimum Gasteiger partial charge on any atom is -0.369 e. The number of para-hydroxylation sites is 1. The summed E-state index contributed by atoms with van der Waals surface area (Å²) in [5.74, 6) is 0. The van der Waals surface area contributed by atoms with Crippen molar-refractivity contribution in [3.8, 4) is 0 Å². The molecule has 0 radical (unpaired) electrons. The number of anilines is 1. The number of nitrogens with two attached hydrogens (primary N) is 1. The third kappa shape index (κ3) is 3.98. The van der Waals surface area contributed by atoms with Crippen LogP contribution in [0.1, 0.15) is 34.1 Å². The van der Waals surface area contributed by atoms with Crippen molar-refractivity contribution in [2.24, 2.45) is 11.1 Å². The molecule has 118 valence electrons. The largest absolute Gasteiger partial charge is 0.369 e. The monoisotopic (exact) mass is 289 g/mol. The molecule has 1 aromatic rings. The maximum Gasteiger partial charge on any atom is 0.0367 e. The molecule has 1 heterocycles. The molecule has 2 unspecified atom stereocenters. The van der Waals surface area contributed by atoms with Crippen molar-refractivity contribution in [2.75, 3.05) is 31.1 Å². The molecule has 3 heteroatoms. The summed E-state index contributed by atoms with van der Waals surface area (Å²) in [6, 6.07) is 11.4. The molecule has 2 N–H and O–H groups in total. The molecule has 0 amide bonds. The normalized spacial score (nSPS) is 20.3. The molecule has 0 aliphatic carbocycles. The van der Waals surface area contributed by atoms with E-state index in [1.807, 2.05) is 0 Å². The Morgan fingerprint density at radius 1 is 1.05 bits per heavy atom. The van der Waals surface area contributed by atoms with Gasteiger partial charge in [-0.3, -0.25) is 4.90 Å². The summed E-state index contributed by atoms with van der Waals surface area (Å²) in [4.78, 5) is 5.08. The van der Waals surface area contributed by atoms with E-state index in [1.165, 1.54) is 5.69 Å². The first-order chi connectivity index (χ1) is 9.93. The summed E-state index contributed by atoms with van der Waals surface area (Å²) in [5, 5.41) is 0. The second-order valence-electron chi connectivity index (χ2n) is 7.24. The van der Waals surface area contributed by atoms with Crippen molar-refractivity contribution >= 4 is 5.69 Å². The van der Waals surface area contributed by atoms with Gasteiger partial charge >= 0.3 is 0 Å². The number of rotatable bonds is 4. The van der Waals surface area contributed by atoms with Crippen molar-refractivity contribution in [3.63, 3.8) is 0 Å². The van der Waals surface area contributed by atoms with Crippen LogP contribution in [-0.4, -0.2) is 43.2 Å². The summed E-state index contributed by atoms with van der Waals surface area (Å²) in [5.41, 5.74) is 7.99. The van der Waals surface area contributed by atoms with E-state index < -0.39 is 0 Å². The number of nitrogens with zero attached hydrogens (tertiary/aromatic N) is 2. The fourth-order valence-electron chi connectivity index (χ4n) is 3.58. The first-order valence-electron chi connectivity index (χ1n) is 8.23. The Morgan fingerprint density at radius 2 is 1.62 bits per heavy atom. The van der Waals surface area contributed by atoms with Gasteiger partial charge in [-0.25, -0.2) is 0 Å². The van der Waals surface area contributed by atoms with Crippen molar-refractivity contribution in [1.29, 1.82) is 0 Å². The second-order valence-corrected chi connectivity index (χ2v) is 7.24. The zero-order chi connectivity index (χ0) is 15.5. The Bertz CT molecular complexity index is 416. The van der Waals surface area contributed by atoms with Crippen LogP contribution in [-0.2, 0) is 0 Å². The Morgan fingerprint density at radius 3 is 2.10 bits per heavy atom. The van der Waals surface area contributed by atoms with Crippen LogP contribution < -0.4 is 10.6 Å². The van der Waals surface area contributed by atoms with Gasteiger partial charge in [-0.2, -0.15) is 0 Å². The van der Waals surface area contributed by atoms with Crippen LogP contribution in [0.25, 0.3) is 0 Å². The molecule has 2 rings (SSSR count). The van der Waals surface area contributed by atoms with Gasteiger partial charge in [0.25, 0.3) is 0 Å². The van der Waals surface area contributed by atoms with Crippen molar-refractivity contribution in [2.45, 2.75) is 46.2 Å². The Labute approximate surface area is 130 Å². The lowest BCUT2D eigenvalue weighted by Gasteiger charge is -2.47. The van der Waals surface area contributed by atoms with Crippen LogP contribution in [0.15, 0.2) is 30.3 Å². The standard InChI is InChI=1S/C18H31N3/c1-5-16(19)17(18(2,3)4)21-13-11-20(12-14-21)15-9-7-6-8-10-15/h6-10,16-17H,5,11-14,19H2,1-4H3. The summed E-state index contributed by atoms with van der Waals surface area (Å²) < 4.78 is 0. The fourth-order valence-corrected chi connectivity index (χ4v) is 3.58. The molecule has 0 bridgehead atoms. The van der Waals surface area contributed by atoms with Crippen LogP contribution in [0.2, 0.25) is 0 Å². The third-order valence-electron chi connectivity index (χ3n) is 4.59. The molecule has 1 aliphatic heterocycles. The minimum absolute atomic E-state index is 0.227. The topological polar surface area (TPSA) is 32.5 Å². The van der Waals surface area contributed by atoms with Gasteiger partial charge in [0.05, 0.1) is 0 Å². The van der Waals surface area contributed by atoms with Crippen LogP contribution in [0.5, 0.6) is 0 Å². The Hall–Kier alpha value is -1.06. The van der Waals surface area contributed by atoms with Crippen molar-refractivity contribution < 1.29 is 0 Å². The highest BCUT2D eigenvalue weighted by molar-refractivity contribution is 5.46. The lowest BCUT2D eigenvalue weighted by atomic mass is 9.80. The highest BCUT2D eigenvalue weighted by Gasteiger charge is 2.35. The van der Waals surface area contributed by atoms with Crippen LogP contribution in [0.3, 0.4) is 0 Å². The van der Waals surface area contributed by atoms with Gasteiger partial charge in [-0.05, 0) is 24.0 Å². The van der Waals surface area contributed by atoms with Crippen LogP contribution in [0.4, 0.5) is 5.69 Å². The van der Waals surface area contributed by atoms with E-state index in [2.05, 4.69) is 67.8 Å². The van der Waals surface area contributed by atoms with Gasteiger partial charge in [0.2, 0.25) is 0 Å². The smallest absolute Gasteiger partial charge is 0.0367 e. The highest BCUT2D eigenvalue weighted by atomic mass is 15.3. The molecule has 0 spiro atoms. The van der Waals surface area contributed by atoms with Crippen molar-refractivity contribution in [3.05, 3.63) is 30.3 Å². The molecular weight excluding hydrogens is 258 g/mol. The number of piperazine rings is 1. The number of hydrogen-bond donors (Lipinski definition) is 1. The summed E-state index contributed by atoms with van der Waals surface area (Å²) in [7, 11) is 0. The molecule has 0 aromatic heterocycles. The summed E-state index contributed by atoms with van der Waals surface area (Å²) in [6.45, 7) is 13.5. The first-order valence-corrected chi connectivity index (χ1v) is 8.23. The third-order valence-corrected chi connectivity index (χ3v) is 4.59. The molecule has 0 saturated carbocycles. The lowest BCUT2D eigenvalue weighted by molar-refractivity contribution is 0.0711. The second kappa shape index (κ2) is 6.80. The van der Waals surface area contributed by atoms with Crippen LogP contribution >= 0.6 is 0 Å². The van der Waals surface area contributed by atoms with Gasteiger partial charge in [0.15, 0.2) is 0 Å². The zero-order valence-electron chi connectivity index (χ0n) is 14.0. The Balaban J connectivity index is 2.02. The minimum atomic E-state index is 0.227. The molecule has 1 fully saturated rings. The van der Waals surface area contributed by atoms with E-state index in [1.54, 1.807) is 0 Å². The molecule has 1 saturated heterocycles. The zero-order valence-corrected chi connectivity index (χ0v) is 14.0. The average Bonchev–Trinajstić information content (AvgIpc) is 2.47. The Kier molecular flexibility index (Phi) is 5.28. The fraction of sp³-hybridized carbons (Fsp3) is 0.667. The molecule has 3 nitrogen and oxygen atoms in total. The van der Waals surface area contributed by atoms with E-state index in [0.717, 1.165) is 32.6 Å². The van der Waals surface area contributed by atoms with E-state index in [-0.39, 0.29) is 11.5 Å². The summed E-state index contributed by atoms with van der Waals surface area (Å²) in [6.07, 6.45) is 1.04. The van der Waals surface area contributed by atoms with Gasteiger partial charge in [-0.15, -0.1) is 0 Å².